The van der Waals surface area contributed by atoms with Gasteiger partial charge in [-0.05, 0) is 18.2 Å². The quantitative estimate of drug-likeness (QED) is 0.725. The Bertz CT molecular complexity index is 746. The molecule has 7 nitrogen and oxygen atoms in total. The van der Waals surface area contributed by atoms with Gasteiger partial charge in [-0.15, -0.1) is 5.10 Å². The molecule has 0 amide bonds. The fraction of sp³-hybridized carbons (Fsp3) is 0.182. The highest BCUT2D eigenvalue weighted by Gasteiger charge is 2.16. The summed E-state index contributed by atoms with van der Waals surface area (Å²) in [4.78, 5) is -0.308. The molecule has 2 rings (SSSR count). The van der Waals surface area contributed by atoms with Gasteiger partial charge in [0.25, 0.3) is 0 Å². The lowest BCUT2D eigenvalue weighted by molar-refractivity contribution is 0.552. The van der Waals surface area contributed by atoms with E-state index in [1.165, 1.54) is 10.9 Å². The smallest absolute Gasteiger partial charge is 0.240 e. The first-order chi connectivity index (χ1) is 9.90. The van der Waals surface area contributed by atoms with E-state index in [9.17, 15) is 12.8 Å². The Hall–Kier alpha value is -1.91. The fourth-order valence-electron chi connectivity index (χ4n) is 1.59. The van der Waals surface area contributed by atoms with E-state index in [0.29, 0.717) is 6.54 Å². The number of hydrogen-bond acceptors (Lipinski definition) is 5. The number of nitrogens with zero attached hydrogens (tertiary/aromatic N) is 3. The Morgan fingerprint density at radius 3 is 2.86 bits per heavy atom. The summed E-state index contributed by atoms with van der Waals surface area (Å²) < 4.78 is 41.5. The van der Waals surface area contributed by atoms with Crippen LogP contribution in [0.1, 0.15) is 5.56 Å². The molecule has 0 aliphatic heterocycles. The Balaban J connectivity index is 2.12. The molecule has 1 heterocycles. The van der Waals surface area contributed by atoms with Crippen molar-refractivity contribution < 1.29 is 12.8 Å². The monoisotopic (exact) mass is 329 g/mol. The van der Waals surface area contributed by atoms with Crippen molar-refractivity contribution in [2.45, 2.75) is 11.4 Å². The van der Waals surface area contributed by atoms with Crippen LogP contribution < -0.4 is 10.5 Å². The van der Waals surface area contributed by atoms with Crippen LogP contribution in [0.2, 0.25) is 0 Å². The summed E-state index contributed by atoms with van der Waals surface area (Å²) in [6, 6.07) is 3.27. The summed E-state index contributed by atoms with van der Waals surface area (Å²) >= 11 is 4.68. The van der Waals surface area contributed by atoms with Crippen LogP contribution in [0.3, 0.4) is 0 Å². The van der Waals surface area contributed by atoms with E-state index in [-0.39, 0.29) is 22.0 Å². The first kappa shape index (κ1) is 15.5. The molecule has 0 spiro atoms. The minimum atomic E-state index is -3.78. The summed E-state index contributed by atoms with van der Waals surface area (Å²) in [5, 5.41) is 7.31. The fourth-order valence-corrected chi connectivity index (χ4v) is 2.79. The van der Waals surface area contributed by atoms with Gasteiger partial charge in [-0.1, -0.05) is 17.4 Å². The molecular formula is C11H12FN5O2S2. The summed E-state index contributed by atoms with van der Waals surface area (Å²) in [6.07, 6.45) is 3.10. The normalized spacial score (nSPS) is 11.5. The van der Waals surface area contributed by atoms with Crippen molar-refractivity contribution in [1.82, 2.24) is 19.7 Å². The van der Waals surface area contributed by atoms with Gasteiger partial charge in [0.05, 0.1) is 17.6 Å². The molecule has 2 aromatic rings. The molecule has 0 saturated carbocycles. The molecule has 0 atom stereocenters. The first-order valence-corrected chi connectivity index (χ1v) is 7.72. The zero-order valence-electron chi connectivity index (χ0n) is 10.7. The molecular weight excluding hydrogens is 317 g/mol. The third-order valence-corrected chi connectivity index (χ3v) is 4.30. The predicted octanol–water partition coefficient (Wildman–Crippen LogP) is 0.0299. The van der Waals surface area contributed by atoms with Crippen LogP contribution in [-0.2, 0) is 16.6 Å². The maximum absolute atomic E-state index is 13.4. The van der Waals surface area contributed by atoms with Crippen LogP contribution >= 0.6 is 12.2 Å². The third kappa shape index (κ3) is 3.80. The van der Waals surface area contributed by atoms with E-state index in [1.54, 1.807) is 6.20 Å². The zero-order valence-corrected chi connectivity index (χ0v) is 12.4. The van der Waals surface area contributed by atoms with Gasteiger partial charge in [-0.25, -0.2) is 17.5 Å². The van der Waals surface area contributed by atoms with Gasteiger partial charge >= 0.3 is 0 Å². The molecule has 1 aromatic heterocycles. The number of sulfonamides is 1. The highest BCUT2D eigenvalue weighted by atomic mass is 32.2. The van der Waals surface area contributed by atoms with Gasteiger partial charge in [0.15, 0.2) is 0 Å². The van der Waals surface area contributed by atoms with E-state index in [4.69, 9.17) is 5.73 Å². The molecule has 0 unspecified atom stereocenters. The molecule has 112 valence electrons. The molecule has 0 radical (unpaired) electrons. The lowest BCUT2D eigenvalue weighted by Crippen LogP contribution is -2.28. The van der Waals surface area contributed by atoms with E-state index < -0.39 is 15.8 Å². The average molecular weight is 329 g/mol. The minimum Gasteiger partial charge on any atom is -0.389 e. The number of halogens is 1. The van der Waals surface area contributed by atoms with Crippen LogP contribution in [0.5, 0.6) is 0 Å². The highest BCUT2D eigenvalue weighted by Crippen LogP contribution is 2.15. The summed E-state index contributed by atoms with van der Waals surface area (Å²) in [7, 11) is -3.78. The molecule has 0 bridgehead atoms. The molecule has 10 heteroatoms. The van der Waals surface area contributed by atoms with E-state index in [0.717, 1.165) is 18.2 Å². The minimum absolute atomic E-state index is 0.106. The highest BCUT2D eigenvalue weighted by molar-refractivity contribution is 7.89. The number of rotatable bonds is 6. The van der Waals surface area contributed by atoms with Gasteiger partial charge in [0, 0.05) is 18.3 Å². The van der Waals surface area contributed by atoms with Crippen molar-refractivity contribution in [3.63, 3.8) is 0 Å². The number of aromatic nitrogens is 3. The number of nitrogens with two attached hydrogens (primary N) is 1. The van der Waals surface area contributed by atoms with Gasteiger partial charge < -0.3 is 5.73 Å². The number of hydrogen-bond donors (Lipinski definition) is 2. The Labute approximate surface area is 126 Å². The maximum atomic E-state index is 13.4. The van der Waals surface area contributed by atoms with Crippen LogP contribution in [-0.4, -0.2) is 34.9 Å². The SMILES string of the molecule is NC(=S)c1cc(S(=O)(=O)NCCn2ccnn2)ccc1F. The molecule has 21 heavy (non-hydrogen) atoms. The second-order valence-electron chi connectivity index (χ2n) is 4.07. The van der Waals surface area contributed by atoms with Crippen molar-refractivity contribution in [3.05, 3.63) is 42.0 Å². The van der Waals surface area contributed by atoms with Gasteiger partial charge in [0.2, 0.25) is 10.0 Å². The molecule has 1 aromatic carbocycles. The molecule has 0 aliphatic rings. The second kappa shape index (κ2) is 6.24. The topological polar surface area (TPSA) is 103 Å². The lowest BCUT2D eigenvalue weighted by atomic mass is 10.2. The van der Waals surface area contributed by atoms with Crippen molar-refractivity contribution in [3.8, 4) is 0 Å². The van der Waals surface area contributed by atoms with E-state index in [2.05, 4.69) is 27.3 Å². The van der Waals surface area contributed by atoms with Gasteiger partial charge in [-0.3, -0.25) is 4.68 Å². The van der Waals surface area contributed by atoms with E-state index in [1.807, 2.05) is 0 Å². The summed E-state index contributed by atoms with van der Waals surface area (Å²) in [5.41, 5.74) is 5.24. The van der Waals surface area contributed by atoms with Gasteiger partial charge in [-0.2, -0.15) is 0 Å². The zero-order chi connectivity index (χ0) is 15.5. The molecule has 0 fully saturated rings. The first-order valence-electron chi connectivity index (χ1n) is 5.83. The van der Waals surface area contributed by atoms with Gasteiger partial charge in [0.1, 0.15) is 10.8 Å². The Morgan fingerprint density at radius 2 is 2.24 bits per heavy atom. The van der Waals surface area contributed by atoms with Crippen molar-refractivity contribution in [1.29, 1.82) is 0 Å². The standard InChI is InChI=1S/C11H12FN5O2S2/c12-10-2-1-8(7-9(10)11(13)20)21(18,19)15-4-6-17-5-3-14-16-17/h1-3,5,7,15H,4,6H2,(H2,13,20). The molecule has 3 N–H and O–H groups in total. The summed E-state index contributed by atoms with van der Waals surface area (Å²) in [6.45, 7) is 0.439. The number of nitrogens with one attached hydrogen (secondary N) is 1. The molecule has 0 aliphatic carbocycles. The van der Waals surface area contributed by atoms with Crippen molar-refractivity contribution in [2.75, 3.05) is 6.54 Å². The average Bonchev–Trinajstić information content (AvgIpc) is 2.91. The van der Waals surface area contributed by atoms with Crippen molar-refractivity contribution in [2.24, 2.45) is 5.73 Å². The lowest BCUT2D eigenvalue weighted by Gasteiger charge is -2.08. The molecule has 0 saturated heterocycles. The van der Waals surface area contributed by atoms with Crippen LogP contribution in [0, 0.1) is 5.82 Å². The third-order valence-electron chi connectivity index (χ3n) is 2.62. The number of benzene rings is 1. The van der Waals surface area contributed by atoms with Crippen molar-refractivity contribution >= 4 is 27.2 Å². The predicted molar refractivity (Wildman–Crippen MR) is 77.5 cm³/mol. The maximum Gasteiger partial charge on any atom is 0.240 e. The Morgan fingerprint density at radius 1 is 1.48 bits per heavy atom. The van der Waals surface area contributed by atoms with E-state index >= 15 is 0 Å². The van der Waals surface area contributed by atoms with Crippen LogP contribution in [0.15, 0.2) is 35.5 Å². The second-order valence-corrected chi connectivity index (χ2v) is 6.28. The number of thiocarbonyl (C=S) groups is 1. The largest absolute Gasteiger partial charge is 0.389 e. The van der Waals surface area contributed by atoms with Crippen LogP contribution in [0.4, 0.5) is 4.39 Å². The van der Waals surface area contributed by atoms with Crippen LogP contribution in [0.25, 0.3) is 0 Å². The summed E-state index contributed by atoms with van der Waals surface area (Å²) in [5.74, 6) is -0.663. The Kier molecular flexibility index (Phi) is 4.60.